The molecule has 1 saturated heterocycles. The van der Waals surface area contributed by atoms with Crippen LogP contribution >= 0.6 is 0 Å². The molecule has 7 nitrogen and oxygen atoms in total. The molecule has 172 valence electrons. The Balaban J connectivity index is 1.68. The highest BCUT2D eigenvalue weighted by Crippen LogP contribution is 2.17. The molecule has 0 atom stereocenters. The van der Waals surface area contributed by atoms with Gasteiger partial charge in [-0.3, -0.25) is 19.3 Å². The number of benzene rings is 1. The van der Waals surface area contributed by atoms with Crippen LogP contribution in [0.5, 0.6) is 0 Å². The summed E-state index contributed by atoms with van der Waals surface area (Å²) in [5, 5.41) is 5.74. The lowest BCUT2D eigenvalue weighted by atomic mass is 9.96. The number of likely N-dealkylation sites (N-methyl/N-ethyl adjacent to an activating group) is 1. The van der Waals surface area contributed by atoms with Crippen molar-refractivity contribution in [1.82, 2.24) is 20.4 Å². The van der Waals surface area contributed by atoms with Crippen molar-refractivity contribution in [1.29, 1.82) is 0 Å². The number of piperidine rings is 1. The van der Waals surface area contributed by atoms with Gasteiger partial charge in [-0.1, -0.05) is 18.2 Å². The van der Waals surface area contributed by atoms with Gasteiger partial charge in [0.25, 0.3) is 0 Å². The van der Waals surface area contributed by atoms with E-state index in [1.807, 2.05) is 25.7 Å². The molecule has 0 radical (unpaired) electrons. The minimum absolute atomic E-state index is 0.0155. The van der Waals surface area contributed by atoms with Gasteiger partial charge in [-0.25, -0.2) is 4.39 Å². The summed E-state index contributed by atoms with van der Waals surface area (Å²) in [6.07, 6.45) is 1.81. The van der Waals surface area contributed by atoms with Crippen LogP contribution in [0, 0.1) is 11.7 Å². The Morgan fingerprint density at radius 1 is 1.16 bits per heavy atom. The average molecular weight is 435 g/mol. The lowest BCUT2D eigenvalue weighted by Gasteiger charge is -2.32. The molecule has 0 bridgehead atoms. The molecule has 2 rings (SSSR count). The van der Waals surface area contributed by atoms with Crippen molar-refractivity contribution in [2.45, 2.75) is 45.6 Å². The lowest BCUT2D eigenvalue weighted by Crippen LogP contribution is -2.49. The van der Waals surface area contributed by atoms with Crippen molar-refractivity contribution in [3.8, 4) is 0 Å². The zero-order chi connectivity index (χ0) is 23.0. The Morgan fingerprint density at radius 2 is 1.81 bits per heavy atom. The molecule has 3 amide bonds. The van der Waals surface area contributed by atoms with Gasteiger partial charge in [0, 0.05) is 25.0 Å². The van der Waals surface area contributed by atoms with Crippen molar-refractivity contribution < 1.29 is 18.8 Å². The van der Waals surface area contributed by atoms with E-state index < -0.39 is 0 Å². The van der Waals surface area contributed by atoms with E-state index in [0.717, 1.165) is 0 Å². The summed E-state index contributed by atoms with van der Waals surface area (Å²) in [7, 11) is 1.63. The van der Waals surface area contributed by atoms with Gasteiger partial charge < -0.3 is 15.5 Å². The highest BCUT2D eigenvalue weighted by Gasteiger charge is 2.27. The van der Waals surface area contributed by atoms with E-state index in [9.17, 15) is 18.8 Å². The van der Waals surface area contributed by atoms with Crippen LogP contribution in [0.25, 0.3) is 0 Å². The number of rotatable bonds is 8. The third-order valence-electron chi connectivity index (χ3n) is 5.29. The molecule has 1 aromatic carbocycles. The van der Waals surface area contributed by atoms with Gasteiger partial charge in [-0.15, -0.1) is 0 Å². The number of nitrogens with one attached hydrogen (secondary N) is 2. The number of hydrogen-bond acceptors (Lipinski definition) is 4. The Kier molecular flexibility index (Phi) is 8.98. The van der Waals surface area contributed by atoms with Crippen LogP contribution in [0.4, 0.5) is 4.39 Å². The predicted molar refractivity (Wildman–Crippen MR) is 118 cm³/mol. The SMILES string of the molecule is CN(CC(=O)NC(C)(C)C)C(=O)CN1CCC(C(=O)NCCc2ccccc2F)CC1. The zero-order valence-electron chi connectivity index (χ0n) is 19.0. The largest absolute Gasteiger partial charge is 0.356 e. The summed E-state index contributed by atoms with van der Waals surface area (Å²) in [4.78, 5) is 40.3. The fourth-order valence-corrected chi connectivity index (χ4v) is 3.59. The summed E-state index contributed by atoms with van der Waals surface area (Å²) >= 11 is 0. The highest BCUT2D eigenvalue weighted by molar-refractivity contribution is 5.85. The van der Waals surface area contributed by atoms with Gasteiger partial charge in [0.1, 0.15) is 5.82 Å². The standard InChI is InChI=1S/C23H35FN4O3/c1-23(2,3)26-20(29)15-27(4)21(30)16-28-13-10-18(11-14-28)22(31)25-12-9-17-7-5-6-8-19(17)24/h5-8,18H,9-16H2,1-4H3,(H,25,31)(H,26,29). The Morgan fingerprint density at radius 3 is 2.42 bits per heavy atom. The molecule has 0 saturated carbocycles. The number of hydrogen-bond donors (Lipinski definition) is 2. The molecule has 1 aliphatic heterocycles. The Labute approximate surface area is 184 Å². The van der Waals surface area contributed by atoms with Crippen molar-refractivity contribution >= 4 is 17.7 Å². The third-order valence-corrected chi connectivity index (χ3v) is 5.29. The van der Waals surface area contributed by atoms with Crippen LogP contribution in [0.15, 0.2) is 24.3 Å². The van der Waals surface area contributed by atoms with Crippen molar-refractivity contribution in [3.05, 3.63) is 35.6 Å². The molecule has 2 N–H and O–H groups in total. The zero-order valence-corrected chi connectivity index (χ0v) is 19.0. The van der Waals surface area contributed by atoms with E-state index in [1.54, 1.807) is 25.2 Å². The first kappa shape index (κ1) is 24.8. The fraction of sp³-hybridized carbons (Fsp3) is 0.609. The number of halogens is 1. The van der Waals surface area contributed by atoms with Crippen LogP contribution in [-0.4, -0.2) is 72.8 Å². The van der Waals surface area contributed by atoms with Gasteiger partial charge >= 0.3 is 0 Å². The van der Waals surface area contributed by atoms with E-state index in [1.165, 1.54) is 11.0 Å². The molecule has 1 heterocycles. The number of likely N-dealkylation sites (tertiary alicyclic amines) is 1. The summed E-state index contributed by atoms with van der Waals surface area (Å²) < 4.78 is 13.6. The van der Waals surface area contributed by atoms with Crippen LogP contribution in [0.2, 0.25) is 0 Å². The van der Waals surface area contributed by atoms with Gasteiger partial charge in [-0.05, 0) is 64.8 Å². The normalized spacial score (nSPS) is 15.4. The van der Waals surface area contributed by atoms with Crippen LogP contribution in [-0.2, 0) is 20.8 Å². The highest BCUT2D eigenvalue weighted by atomic mass is 19.1. The summed E-state index contributed by atoms with van der Waals surface area (Å²) in [6, 6.07) is 6.57. The van der Waals surface area contributed by atoms with Gasteiger partial charge in [0.15, 0.2) is 0 Å². The minimum Gasteiger partial charge on any atom is -0.356 e. The van der Waals surface area contributed by atoms with E-state index in [2.05, 4.69) is 10.6 Å². The first-order chi connectivity index (χ1) is 14.5. The maximum atomic E-state index is 13.6. The third kappa shape index (κ3) is 8.65. The molecule has 0 aromatic heterocycles. The molecule has 1 aliphatic rings. The van der Waals surface area contributed by atoms with Crippen LogP contribution in [0.1, 0.15) is 39.2 Å². The second-order valence-electron chi connectivity index (χ2n) is 9.23. The molecule has 31 heavy (non-hydrogen) atoms. The van der Waals surface area contributed by atoms with E-state index in [-0.39, 0.29) is 48.1 Å². The Bertz CT molecular complexity index is 770. The molecular weight excluding hydrogens is 399 g/mol. The van der Waals surface area contributed by atoms with Crippen molar-refractivity contribution in [3.63, 3.8) is 0 Å². The summed E-state index contributed by atoms with van der Waals surface area (Å²) in [6.45, 7) is 7.66. The first-order valence-electron chi connectivity index (χ1n) is 10.8. The maximum Gasteiger partial charge on any atom is 0.240 e. The monoisotopic (exact) mass is 434 g/mol. The van der Waals surface area contributed by atoms with E-state index >= 15 is 0 Å². The molecular formula is C23H35FN4O3. The average Bonchev–Trinajstić information content (AvgIpc) is 2.68. The number of nitrogens with zero attached hydrogens (tertiary/aromatic N) is 2. The van der Waals surface area contributed by atoms with Gasteiger partial charge in [-0.2, -0.15) is 0 Å². The van der Waals surface area contributed by atoms with E-state index in [0.29, 0.717) is 44.5 Å². The number of amides is 3. The van der Waals surface area contributed by atoms with Crippen molar-refractivity contribution in [2.24, 2.45) is 5.92 Å². The first-order valence-corrected chi connectivity index (χ1v) is 10.8. The topological polar surface area (TPSA) is 81.8 Å². The van der Waals surface area contributed by atoms with Crippen LogP contribution in [0.3, 0.4) is 0 Å². The Hall–Kier alpha value is -2.48. The summed E-state index contributed by atoms with van der Waals surface area (Å²) in [5.41, 5.74) is 0.259. The molecule has 0 spiro atoms. The second kappa shape index (κ2) is 11.2. The van der Waals surface area contributed by atoms with Gasteiger partial charge in [0.05, 0.1) is 13.1 Å². The van der Waals surface area contributed by atoms with Crippen LogP contribution < -0.4 is 10.6 Å². The second-order valence-corrected chi connectivity index (χ2v) is 9.23. The molecule has 1 fully saturated rings. The lowest BCUT2D eigenvalue weighted by molar-refractivity contribution is -0.136. The fourth-order valence-electron chi connectivity index (χ4n) is 3.59. The minimum atomic E-state index is -0.335. The number of carbonyl (C=O) groups excluding carboxylic acids is 3. The van der Waals surface area contributed by atoms with E-state index in [4.69, 9.17) is 0 Å². The quantitative estimate of drug-likeness (QED) is 0.651. The summed E-state index contributed by atoms with van der Waals surface area (Å²) in [5.74, 6) is -0.665. The van der Waals surface area contributed by atoms with Gasteiger partial charge in [0.2, 0.25) is 17.7 Å². The smallest absolute Gasteiger partial charge is 0.240 e. The number of carbonyl (C=O) groups is 3. The molecule has 8 heteroatoms. The molecule has 1 aromatic rings. The van der Waals surface area contributed by atoms with Crippen molar-refractivity contribution in [2.75, 3.05) is 39.8 Å². The molecule has 0 unspecified atom stereocenters. The molecule has 0 aliphatic carbocycles. The maximum absolute atomic E-state index is 13.6. The predicted octanol–water partition coefficient (Wildman–Crippen LogP) is 1.57.